The summed E-state index contributed by atoms with van der Waals surface area (Å²) < 4.78 is 4.98. The van der Waals surface area contributed by atoms with E-state index in [1.807, 2.05) is 6.92 Å². The van der Waals surface area contributed by atoms with E-state index in [-0.39, 0.29) is 12.0 Å². The summed E-state index contributed by atoms with van der Waals surface area (Å²) in [7, 11) is 1.47. The number of nitrogens with one attached hydrogen (secondary N) is 1. The topological polar surface area (TPSA) is 41.6 Å². The molecule has 2 atom stereocenters. The van der Waals surface area contributed by atoms with E-state index in [9.17, 15) is 4.79 Å². The van der Waals surface area contributed by atoms with Gasteiger partial charge in [0.15, 0.2) is 0 Å². The molecule has 0 radical (unpaired) electrons. The van der Waals surface area contributed by atoms with Gasteiger partial charge in [0, 0.05) is 19.1 Å². The lowest BCUT2D eigenvalue weighted by molar-refractivity contribution is -0.148. The molecule has 2 unspecified atom stereocenters. The molecule has 118 valence electrons. The minimum atomic E-state index is -0.581. The van der Waals surface area contributed by atoms with E-state index in [4.69, 9.17) is 4.74 Å². The standard InChI is InChI=1S/C16H32N2O2/c1-6-14-8-7-10-18(12-14)11-9-16(4,15(19)20-5)17-13(2)3/h13-14,17H,6-12H2,1-5H3. The lowest BCUT2D eigenvalue weighted by atomic mass is 9.93. The second kappa shape index (κ2) is 7.99. The number of nitrogens with zero attached hydrogens (tertiary/aromatic N) is 1. The van der Waals surface area contributed by atoms with Crippen molar-refractivity contribution in [2.45, 2.75) is 65.0 Å². The van der Waals surface area contributed by atoms with Gasteiger partial charge in [0.05, 0.1) is 7.11 Å². The summed E-state index contributed by atoms with van der Waals surface area (Å²) >= 11 is 0. The van der Waals surface area contributed by atoms with E-state index in [1.165, 1.54) is 32.9 Å². The Morgan fingerprint density at radius 3 is 2.75 bits per heavy atom. The fourth-order valence-corrected chi connectivity index (χ4v) is 3.16. The number of ether oxygens (including phenoxy) is 1. The van der Waals surface area contributed by atoms with E-state index < -0.39 is 5.54 Å². The minimum absolute atomic E-state index is 0.157. The number of hydrogen-bond acceptors (Lipinski definition) is 4. The van der Waals surface area contributed by atoms with Crippen LogP contribution in [-0.4, -0.2) is 49.2 Å². The van der Waals surface area contributed by atoms with Crippen molar-refractivity contribution in [2.24, 2.45) is 5.92 Å². The number of carbonyl (C=O) groups is 1. The first-order valence-corrected chi connectivity index (χ1v) is 7.99. The molecule has 0 bridgehead atoms. The van der Waals surface area contributed by atoms with Crippen LogP contribution in [0.1, 0.15) is 53.4 Å². The molecule has 20 heavy (non-hydrogen) atoms. The first-order chi connectivity index (χ1) is 9.41. The molecule has 0 aromatic rings. The highest BCUT2D eigenvalue weighted by Gasteiger charge is 2.35. The van der Waals surface area contributed by atoms with Gasteiger partial charge in [0.2, 0.25) is 0 Å². The van der Waals surface area contributed by atoms with Crippen LogP contribution < -0.4 is 5.32 Å². The number of carbonyl (C=O) groups excluding carboxylic acids is 1. The minimum Gasteiger partial charge on any atom is -0.468 e. The Morgan fingerprint density at radius 2 is 2.20 bits per heavy atom. The van der Waals surface area contributed by atoms with E-state index in [1.54, 1.807) is 0 Å². The van der Waals surface area contributed by atoms with Crippen molar-refractivity contribution in [1.82, 2.24) is 10.2 Å². The highest BCUT2D eigenvalue weighted by atomic mass is 16.5. The largest absolute Gasteiger partial charge is 0.468 e. The van der Waals surface area contributed by atoms with Gasteiger partial charge in [-0.2, -0.15) is 0 Å². The molecule has 1 N–H and O–H groups in total. The Labute approximate surface area is 124 Å². The molecular formula is C16H32N2O2. The zero-order valence-electron chi connectivity index (χ0n) is 13.9. The Hall–Kier alpha value is -0.610. The third-order valence-electron chi connectivity index (χ3n) is 4.35. The number of hydrogen-bond donors (Lipinski definition) is 1. The van der Waals surface area contributed by atoms with Crippen LogP contribution in [0.3, 0.4) is 0 Å². The molecule has 1 aliphatic heterocycles. The summed E-state index contributed by atoms with van der Waals surface area (Å²) in [5, 5.41) is 3.37. The van der Waals surface area contributed by atoms with Crippen molar-refractivity contribution < 1.29 is 9.53 Å². The van der Waals surface area contributed by atoms with Gasteiger partial charge in [-0.05, 0) is 52.5 Å². The van der Waals surface area contributed by atoms with E-state index in [0.717, 1.165) is 25.4 Å². The van der Waals surface area contributed by atoms with Crippen LogP contribution in [0.5, 0.6) is 0 Å². The smallest absolute Gasteiger partial charge is 0.325 e. The van der Waals surface area contributed by atoms with Gasteiger partial charge in [0.1, 0.15) is 5.54 Å². The Morgan fingerprint density at radius 1 is 1.50 bits per heavy atom. The SMILES string of the molecule is CCC1CCCN(CCC(C)(NC(C)C)C(=O)OC)C1. The maximum atomic E-state index is 12.1. The Bertz CT molecular complexity index is 307. The third-order valence-corrected chi connectivity index (χ3v) is 4.35. The van der Waals surface area contributed by atoms with E-state index >= 15 is 0 Å². The second-order valence-electron chi connectivity index (χ2n) is 6.59. The van der Waals surface area contributed by atoms with Crippen molar-refractivity contribution in [2.75, 3.05) is 26.7 Å². The van der Waals surface area contributed by atoms with Gasteiger partial charge in [-0.3, -0.25) is 10.1 Å². The van der Waals surface area contributed by atoms with Crippen LogP contribution in [0.15, 0.2) is 0 Å². The predicted molar refractivity (Wildman–Crippen MR) is 82.8 cm³/mol. The fourth-order valence-electron chi connectivity index (χ4n) is 3.16. The normalized spacial score (nSPS) is 23.6. The number of methoxy groups -OCH3 is 1. The molecule has 0 aromatic heterocycles. The molecule has 0 saturated carbocycles. The zero-order chi connectivity index (χ0) is 15.2. The van der Waals surface area contributed by atoms with Crippen molar-refractivity contribution in [3.8, 4) is 0 Å². The highest BCUT2D eigenvalue weighted by Crippen LogP contribution is 2.21. The van der Waals surface area contributed by atoms with Gasteiger partial charge in [-0.15, -0.1) is 0 Å². The first kappa shape index (κ1) is 17.4. The predicted octanol–water partition coefficient (Wildman–Crippen LogP) is 2.43. The second-order valence-corrected chi connectivity index (χ2v) is 6.59. The van der Waals surface area contributed by atoms with Crippen molar-refractivity contribution in [1.29, 1.82) is 0 Å². The average molecular weight is 284 g/mol. The fraction of sp³-hybridized carbons (Fsp3) is 0.938. The highest BCUT2D eigenvalue weighted by molar-refractivity contribution is 5.80. The third kappa shape index (κ3) is 5.06. The van der Waals surface area contributed by atoms with Crippen LogP contribution in [0.2, 0.25) is 0 Å². The van der Waals surface area contributed by atoms with E-state index in [2.05, 4.69) is 31.0 Å². The van der Waals surface area contributed by atoms with Crippen LogP contribution >= 0.6 is 0 Å². The number of piperidine rings is 1. The van der Waals surface area contributed by atoms with Gasteiger partial charge < -0.3 is 9.64 Å². The lowest BCUT2D eigenvalue weighted by Gasteiger charge is -2.36. The molecule has 1 heterocycles. The molecule has 4 heteroatoms. The van der Waals surface area contributed by atoms with Gasteiger partial charge >= 0.3 is 5.97 Å². The van der Waals surface area contributed by atoms with Crippen molar-refractivity contribution in [3.63, 3.8) is 0 Å². The summed E-state index contributed by atoms with van der Waals surface area (Å²) in [5.74, 6) is 0.668. The Balaban J connectivity index is 2.55. The lowest BCUT2D eigenvalue weighted by Crippen LogP contribution is -2.54. The maximum Gasteiger partial charge on any atom is 0.325 e. The molecule has 0 spiro atoms. The van der Waals surface area contributed by atoms with Crippen LogP contribution in [0, 0.1) is 5.92 Å². The van der Waals surface area contributed by atoms with Gasteiger partial charge in [0.25, 0.3) is 0 Å². The van der Waals surface area contributed by atoms with Crippen LogP contribution in [0.4, 0.5) is 0 Å². The van der Waals surface area contributed by atoms with Gasteiger partial charge in [-0.25, -0.2) is 0 Å². The molecule has 4 nitrogen and oxygen atoms in total. The molecule has 1 aliphatic rings. The monoisotopic (exact) mass is 284 g/mol. The first-order valence-electron chi connectivity index (χ1n) is 7.99. The van der Waals surface area contributed by atoms with E-state index in [0.29, 0.717) is 0 Å². The summed E-state index contributed by atoms with van der Waals surface area (Å²) in [6, 6.07) is 0.267. The molecule has 0 aliphatic carbocycles. The molecule has 0 amide bonds. The van der Waals surface area contributed by atoms with Crippen LogP contribution in [-0.2, 0) is 9.53 Å². The summed E-state index contributed by atoms with van der Waals surface area (Å²) in [4.78, 5) is 14.6. The maximum absolute atomic E-state index is 12.1. The number of likely N-dealkylation sites (tertiary alicyclic amines) is 1. The number of esters is 1. The summed E-state index contributed by atoms with van der Waals surface area (Å²) in [6.45, 7) is 11.7. The molecular weight excluding hydrogens is 252 g/mol. The number of rotatable bonds is 7. The van der Waals surface area contributed by atoms with Crippen molar-refractivity contribution in [3.05, 3.63) is 0 Å². The van der Waals surface area contributed by atoms with Gasteiger partial charge in [-0.1, -0.05) is 13.3 Å². The summed E-state index contributed by atoms with van der Waals surface area (Å²) in [5.41, 5.74) is -0.581. The molecule has 1 rings (SSSR count). The van der Waals surface area contributed by atoms with Crippen molar-refractivity contribution >= 4 is 5.97 Å². The Kier molecular flexibility index (Phi) is 6.96. The average Bonchev–Trinajstić information content (AvgIpc) is 2.43. The summed E-state index contributed by atoms with van der Waals surface area (Å²) in [6.07, 6.45) is 4.69. The molecule has 1 fully saturated rings. The molecule has 0 aromatic carbocycles. The zero-order valence-corrected chi connectivity index (χ0v) is 13.9. The molecule has 1 saturated heterocycles. The quantitative estimate of drug-likeness (QED) is 0.729. The van der Waals surface area contributed by atoms with Crippen LogP contribution in [0.25, 0.3) is 0 Å².